The first-order valence-electron chi connectivity index (χ1n) is 9.95. The van der Waals surface area contributed by atoms with E-state index >= 15 is 0 Å². The summed E-state index contributed by atoms with van der Waals surface area (Å²) in [5.41, 5.74) is 4.74. The molecular weight excluding hydrogens is 382 g/mol. The molecule has 0 N–H and O–H groups in total. The summed E-state index contributed by atoms with van der Waals surface area (Å²) < 4.78 is 11.0. The number of hydrogen-bond donors (Lipinski definition) is 0. The van der Waals surface area contributed by atoms with Gasteiger partial charge in [0.15, 0.2) is 16.7 Å². The van der Waals surface area contributed by atoms with Crippen LogP contribution in [0.25, 0.3) is 10.9 Å². The lowest BCUT2D eigenvalue weighted by Gasteiger charge is -2.31. The van der Waals surface area contributed by atoms with Crippen LogP contribution in [0.2, 0.25) is 0 Å². The Kier molecular flexibility index (Phi) is 4.79. The number of fused-ring (bicyclic) bond motifs is 3. The molecule has 3 aromatic rings. The largest absolute Gasteiger partial charge is 0.454 e. The van der Waals surface area contributed by atoms with Gasteiger partial charge in [-0.2, -0.15) is 0 Å². The van der Waals surface area contributed by atoms with Gasteiger partial charge in [0.05, 0.1) is 5.52 Å². The van der Waals surface area contributed by atoms with Gasteiger partial charge in [0.1, 0.15) is 5.03 Å². The average Bonchev–Trinajstić information content (AvgIpc) is 3.19. The van der Waals surface area contributed by atoms with Crippen LogP contribution in [0.1, 0.15) is 30.0 Å². The van der Waals surface area contributed by atoms with Gasteiger partial charge >= 0.3 is 0 Å². The summed E-state index contributed by atoms with van der Waals surface area (Å²) in [6.45, 7) is 6.97. The number of aryl methyl sites for hydroxylation is 1. The van der Waals surface area contributed by atoms with E-state index in [0.717, 1.165) is 53.3 Å². The maximum absolute atomic E-state index is 5.55. The summed E-state index contributed by atoms with van der Waals surface area (Å²) in [5, 5.41) is 3.30. The van der Waals surface area contributed by atoms with Crippen LogP contribution in [-0.2, 0) is 13.1 Å². The van der Waals surface area contributed by atoms with Gasteiger partial charge in [0, 0.05) is 30.6 Å². The third-order valence-corrected chi connectivity index (χ3v) is 6.23. The van der Waals surface area contributed by atoms with E-state index in [1.807, 2.05) is 6.07 Å². The van der Waals surface area contributed by atoms with Gasteiger partial charge in [0.25, 0.3) is 0 Å². The zero-order valence-corrected chi connectivity index (χ0v) is 17.5. The third kappa shape index (κ3) is 3.65. The predicted octanol–water partition coefficient (Wildman–Crippen LogP) is 5.15. The minimum Gasteiger partial charge on any atom is -0.454 e. The molecule has 148 valence electrons. The minimum atomic E-state index is 0.299. The minimum absolute atomic E-state index is 0.299. The van der Waals surface area contributed by atoms with Crippen LogP contribution in [0.15, 0.2) is 52.5 Å². The molecule has 0 bridgehead atoms. The molecule has 5 nitrogen and oxygen atoms in total. The van der Waals surface area contributed by atoms with E-state index in [-0.39, 0.29) is 0 Å². The average molecular weight is 406 g/mol. The van der Waals surface area contributed by atoms with E-state index in [1.54, 1.807) is 11.8 Å². The molecule has 0 fully saturated rings. The van der Waals surface area contributed by atoms with Crippen LogP contribution in [0, 0.1) is 6.92 Å². The summed E-state index contributed by atoms with van der Waals surface area (Å²) in [7, 11) is 0. The molecular formula is C23H23N3O2S. The second-order valence-corrected chi connectivity index (χ2v) is 8.41. The van der Waals surface area contributed by atoms with Crippen molar-refractivity contribution in [3.05, 3.63) is 59.2 Å². The van der Waals surface area contributed by atoms with E-state index < -0.39 is 0 Å². The Morgan fingerprint density at radius 1 is 1.10 bits per heavy atom. The maximum Gasteiger partial charge on any atom is 0.231 e. The van der Waals surface area contributed by atoms with Crippen molar-refractivity contribution < 1.29 is 9.47 Å². The number of hydrogen-bond acceptors (Lipinski definition) is 5. The van der Waals surface area contributed by atoms with Crippen LogP contribution in [0.4, 0.5) is 0 Å². The molecule has 2 aromatic carbocycles. The number of rotatable bonds is 4. The second kappa shape index (κ2) is 7.59. The molecule has 2 aliphatic heterocycles. The normalized spacial score (nSPS) is 16.5. The molecule has 5 rings (SSSR count). The van der Waals surface area contributed by atoms with Gasteiger partial charge in [-0.3, -0.25) is 4.99 Å². The summed E-state index contributed by atoms with van der Waals surface area (Å²) in [4.78, 5) is 12.1. The lowest BCUT2D eigenvalue weighted by atomic mass is 10.1. The van der Waals surface area contributed by atoms with Crippen molar-refractivity contribution in [3.8, 4) is 11.5 Å². The molecule has 0 saturated heterocycles. The molecule has 29 heavy (non-hydrogen) atoms. The number of benzene rings is 2. The van der Waals surface area contributed by atoms with Gasteiger partial charge in [-0.15, -0.1) is 0 Å². The van der Waals surface area contributed by atoms with Crippen molar-refractivity contribution in [1.29, 1.82) is 0 Å². The lowest BCUT2D eigenvalue weighted by molar-refractivity contribution is 0.174. The number of amidine groups is 1. The van der Waals surface area contributed by atoms with E-state index in [9.17, 15) is 0 Å². The maximum atomic E-state index is 5.55. The van der Waals surface area contributed by atoms with E-state index in [1.165, 1.54) is 22.1 Å². The molecule has 0 amide bonds. The highest BCUT2D eigenvalue weighted by Gasteiger charge is 2.25. The Hall–Kier alpha value is -2.73. The number of thioether (sulfide) groups is 1. The number of ether oxygens (including phenoxy) is 2. The van der Waals surface area contributed by atoms with Gasteiger partial charge in [-0.1, -0.05) is 24.6 Å². The summed E-state index contributed by atoms with van der Waals surface area (Å²) >= 11 is 1.68. The molecule has 0 aliphatic carbocycles. The Balaban J connectivity index is 1.48. The molecule has 3 heterocycles. The predicted molar refractivity (Wildman–Crippen MR) is 117 cm³/mol. The van der Waals surface area contributed by atoms with Gasteiger partial charge in [-0.25, -0.2) is 4.98 Å². The Morgan fingerprint density at radius 3 is 2.90 bits per heavy atom. The monoisotopic (exact) mass is 405 g/mol. The van der Waals surface area contributed by atoms with Crippen molar-refractivity contribution in [3.63, 3.8) is 0 Å². The summed E-state index contributed by atoms with van der Waals surface area (Å²) in [6.07, 6.45) is 1.03. The first-order valence-corrected chi connectivity index (χ1v) is 10.8. The van der Waals surface area contributed by atoms with Crippen LogP contribution < -0.4 is 9.47 Å². The number of nitrogens with zero attached hydrogens (tertiary/aromatic N) is 3. The van der Waals surface area contributed by atoms with Crippen molar-refractivity contribution >= 4 is 27.8 Å². The molecule has 6 heteroatoms. The molecule has 0 unspecified atom stereocenters. The van der Waals surface area contributed by atoms with Crippen LogP contribution >= 0.6 is 11.8 Å². The number of aromatic nitrogens is 1. The molecule has 1 aromatic heterocycles. The zero-order chi connectivity index (χ0) is 19.8. The highest BCUT2D eigenvalue weighted by molar-refractivity contribution is 8.13. The van der Waals surface area contributed by atoms with Gasteiger partial charge in [-0.05, 0) is 61.0 Å². The van der Waals surface area contributed by atoms with E-state index in [4.69, 9.17) is 19.5 Å². The fourth-order valence-corrected chi connectivity index (χ4v) is 4.66. The molecule has 0 radical (unpaired) electrons. The molecule has 0 spiro atoms. The van der Waals surface area contributed by atoms with Crippen molar-refractivity contribution in [2.75, 3.05) is 13.3 Å². The Morgan fingerprint density at radius 2 is 2.00 bits per heavy atom. The van der Waals surface area contributed by atoms with Crippen molar-refractivity contribution in [2.45, 2.75) is 38.4 Å². The molecule has 0 saturated carbocycles. The van der Waals surface area contributed by atoms with Crippen LogP contribution in [-0.4, -0.2) is 28.4 Å². The number of pyridine rings is 1. The zero-order valence-electron chi connectivity index (χ0n) is 16.6. The highest BCUT2D eigenvalue weighted by atomic mass is 32.2. The summed E-state index contributed by atoms with van der Waals surface area (Å²) in [5.74, 6) is 1.64. The number of aliphatic imine (C=N–C) groups is 1. The first-order chi connectivity index (χ1) is 14.2. The van der Waals surface area contributed by atoms with E-state index in [2.05, 4.69) is 55.1 Å². The van der Waals surface area contributed by atoms with E-state index in [0.29, 0.717) is 6.79 Å². The Labute approximate surface area is 174 Å². The Bertz CT molecular complexity index is 1110. The van der Waals surface area contributed by atoms with Crippen molar-refractivity contribution in [2.24, 2.45) is 4.99 Å². The van der Waals surface area contributed by atoms with Gasteiger partial charge in [0.2, 0.25) is 6.79 Å². The first kappa shape index (κ1) is 18.3. The topological polar surface area (TPSA) is 47.0 Å². The van der Waals surface area contributed by atoms with Gasteiger partial charge < -0.3 is 14.4 Å². The second-order valence-electron chi connectivity index (χ2n) is 7.46. The SMILES string of the molecule is CCCN=C1Sc2nc3ccc(C)cc3cc2CN1Cc1ccc2c(c1)OCO2. The smallest absolute Gasteiger partial charge is 0.231 e. The fourth-order valence-electron chi connectivity index (χ4n) is 3.67. The summed E-state index contributed by atoms with van der Waals surface area (Å²) in [6, 6.07) is 14.9. The van der Waals surface area contributed by atoms with Crippen molar-refractivity contribution in [1.82, 2.24) is 9.88 Å². The third-order valence-electron chi connectivity index (χ3n) is 5.11. The standard InChI is InChI=1S/C23H23N3O2S/c1-3-8-24-23-26(12-16-5-7-20-21(10-16)28-14-27-20)13-18-11-17-9-15(2)4-6-19(17)25-22(18)29-23/h4-7,9-11H,3,8,12-14H2,1-2H3. The quantitative estimate of drug-likeness (QED) is 0.601. The highest BCUT2D eigenvalue weighted by Crippen LogP contribution is 2.36. The molecule has 2 aliphatic rings. The lowest BCUT2D eigenvalue weighted by Crippen LogP contribution is -2.32. The fraction of sp³-hybridized carbons (Fsp3) is 0.304. The van der Waals surface area contributed by atoms with Crippen LogP contribution in [0.3, 0.4) is 0 Å². The van der Waals surface area contributed by atoms with Crippen LogP contribution in [0.5, 0.6) is 11.5 Å². The molecule has 0 atom stereocenters.